The smallest absolute Gasteiger partial charge is 0.268 e. The predicted molar refractivity (Wildman–Crippen MR) is 146 cm³/mol. The van der Waals surface area contributed by atoms with E-state index >= 15 is 0 Å². The lowest BCUT2D eigenvalue weighted by atomic mass is 9.98. The minimum absolute atomic E-state index is 0.187. The first-order valence-electron chi connectivity index (χ1n) is 12.0. The lowest BCUT2D eigenvalue weighted by Crippen LogP contribution is -2.22. The number of hydrogen-bond donors (Lipinski definition) is 0. The van der Waals surface area contributed by atoms with Gasteiger partial charge in [0.25, 0.3) is 10.0 Å². The number of fused-ring (bicyclic) bond motifs is 1. The summed E-state index contributed by atoms with van der Waals surface area (Å²) in [5.41, 5.74) is 4.81. The lowest BCUT2D eigenvalue weighted by molar-refractivity contribution is 0.0798. The Morgan fingerprint density at radius 1 is 1.03 bits per heavy atom. The van der Waals surface area contributed by atoms with Crippen LogP contribution in [-0.4, -0.2) is 43.1 Å². The number of ether oxygens (including phenoxy) is 1. The van der Waals surface area contributed by atoms with Crippen LogP contribution in [-0.2, 0) is 21.5 Å². The Kier molecular flexibility index (Phi) is 7.09. The van der Waals surface area contributed by atoms with E-state index in [0.29, 0.717) is 34.3 Å². The Bertz CT molecular complexity index is 1530. The second-order valence-corrected chi connectivity index (χ2v) is 17.9. The number of carbonyl (C=O) groups excluding carboxylic acids is 1. The zero-order chi connectivity index (χ0) is 26.3. The highest BCUT2D eigenvalue weighted by Crippen LogP contribution is 2.38. The van der Waals surface area contributed by atoms with Crippen LogP contribution in [0.2, 0.25) is 25.7 Å². The zero-order valence-corrected chi connectivity index (χ0v) is 23.5. The number of rotatable bonds is 9. The topological polar surface area (TPSA) is 83.2 Å². The van der Waals surface area contributed by atoms with Crippen molar-refractivity contribution in [3.8, 4) is 11.3 Å². The van der Waals surface area contributed by atoms with Crippen molar-refractivity contribution < 1.29 is 17.9 Å². The van der Waals surface area contributed by atoms with Crippen LogP contribution in [0.3, 0.4) is 0 Å². The van der Waals surface area contributed by atoms with Crippen LogP contribution < -0.4 is 0 Å². The number of benzene rings is 2. The van der Waals surface area contributed by atoms with Crippen LogP contribution in [0.5, 0.6) is 0 Å². The van der Waals surface area contributed by atoms with Gasteiger partial charge in [0, 0.05) is 43.6 Å². The SMILES string of the molecule is Cc1ccc(S(=O)(=O)n2cc(-c3ccnn3COCC[Si](C)(C)C)c3c(C=O)c(C)cc(C)c32)cc1. The normalized spacial score (nSPS) is 12.4. The monoisotopic (exact) mass is 523 g/mol. The number of carbonyl (C=O) groups is 1. The van der Waals surface area contributed by atoms with E-state index in [1.165, 1.54) is 3.97 Å². The van der Waals surface area contributed by atoms with Crippen molar-refractivity contribution in [2.24, 2.45) is 0 Å². The number of nitrogens with zero attached hydrogens (tertiary/aromatic N) is 3. The van der Waals surface area contributed by atoms with Crippen LogP contribution in [0.15, 0.2) is 53.7 Å². The van der Waals surface area contributed by atoms with Crippen LogP contribution in [0, 0.1) is 20.8 Å². The lowest BCUT2D eigenvalue weighted by Gasteiger charge is -2.16. The highest BCUT2D eigenvalue weighted by atomic mass is 32.2. The fraction of sp³-hybridized carbons (Fsp3) is 0.333. The molecule has 0 unspecified atom stereocenters. The van der Waals surface area contributed by atoms with Crippen LogP contribution in [0.25, 0.3) is 22.2 Å². The van der Waals surface area contributed by atoms with E-state index in [1.54, 1.807) is 41.3 Å². The van der Waals surface area contributed by atoms with Gasteiger partial charge < -0.3 is 4.74 Å². The van der Waals surface area contributed by atoms with Crippen molar-refractivity contribution in [2.75, 3.05) is 6.61 Å². The fourth-order valence-corrected chi connectivity index (χ4v) is 6.53. The minimum Gasteiger partial charge on any atom is -0.360 e. The number of aromatic nitrogens is 3. The maximum atomic E-state index is 13.8. The van der Waals surface area contributed by atoms with Gasteiger partial charge in [0.2, 0.25) is 0 Å². The van der Waals surface area contributed by atoms with Crippen molar-refractivity contribution in [2.45, 2.75) is 58.1 Å². The van der Waals surface area contributed by atoms with Crippen LogP contribution in [0.1, 0.15) is 27.0 Å². The van der Waals surface area contributed by atoms with E-state index in [-0.39, 0.29) is 11.6 Å². The molecule has 4 rings (SSSR count). The summed E-state index contributed by atoms with van der Waals surface area (Å²) in [7, 11) is -5.15. The summed E-state index contributed by atoms with van der Waals surface area (Å²) in [6, 6.07) is 11.5. The first kappa shape index (κ1) is 26.1. The molecule has 2 heterocycles. The Morgan fingerprint density at radius 2 is 1.72 bits per heavy atom. The molecule has 0 radical (unpaired) electrons. The predicted octanol–water partition coefficient (Wildman–Crippen LogP) is 5.79. The Hall–Kier alpha value is -3.01. The first-order chi connectivity index (χ1) is 16.9. The molecule has 0 N–H and O–H groups in total. The third kappa shape index (κ3) is 4.96. The molecule has 0 bridgehead atoms. The van der Waals surface area contributed by atoms with Crippen molar-refractivity contribution >= 4 is 35.3 Å². The van der Waals surface area contributed by atoms with E-state index in [1.807, 2.05) is 32.9 Å². The van der Waals surface area contributed by atoms with Crippen molar-refractivity contribution in [1.29, 1.82) is 0 Å². The molecular formula is C27H33N3O4SSi. The van der Waals surface area contributed by atoms with E-state index in [0.717, 1.165) is 29.0 Å². The van der Waals surface area contributed by atoms with E-state index in [4.69, 9.17) is 4.74 Å². The standard InChI is InChI=1S/C27H33N3O4SSi/c1-19-7-9-22(10-8-19)35(32,33)30-16-23(26-24(17-31)20(2)15-21(3)27(26)30)25-11-12-28-29(25)18-34-13-14-36(4,5)6/h7-12,15-17H,13-14,18H2,1-6H3. The molecule has 0 spiro atoms. The molecule has 2 aromatic carbocycles. The molecule has 0 saturated carbocycles. The van der Waals surface area contributed by atoms with Gasteiger partial charge in [-0.3, -0.25) is 4.79 Å². The van der Waals surface area contributed by atoms with Crippen LogP contribution >= 0.6 is 0 Å². The Morgan fingerprint density at radius 3 is 2.36 bits per heavy atom. The number of aryl methyl sites for hydroxylation is 3. The molecule has 7 nitrogen and oxygen atoms in total. The highest BCUT2D eigenvalue weighted by Gasteiger charge is 2.26. The van der Waals surface area contributed by atoms with Gasteiger partial charge in [-0.2, -0.15) is 5.10 Å². The van der Waals surface area contributed by atoms with Crippen LogP contribution in [0.4, 0.5) is 0 Å². The van der Waals surface area contributed by atoms with Gasteiger partial charge in [0.1, 0.15) is 6.73 Å². The summed E-state index contributed by atoms with van der Waals surface area (Å²) in [4.78, 5) is 12.4. The maximum absolute atomic E-state index is 13.8. The third-order valence-electron chi connectivity index (χ3n) is 6.37. The van der Waals surface area contributed by atoms with Crippen molar-refractivity contribution in [1.82, 2.24) is 13.8 Å². The summed E-state index contributed by atoms with van der Waals surface area (Å²) in [6.45, 7) is 13.4. The Balaban J connectivity index is 1.90. The largest absolute Gasteiger partial charge is 0.360 e. The second kappa shape index (κ2) is 9.80. The van der Waals surface area contributed by atoms with Gasteiger partial charge in [0.15, 0.2) is 6.29 Å². The molecule has 36 heavy (non-hydrogen) atoms. The summed E-state index contributed by atoms with van der Waals surface area (Å²) >= 11 is 0. The highest BCUT2D eigenvalue weighted by molar-refractivity contribution is 7.90. The van der Waals surface area contributed by atoms with Crippen molar-refractivity contribution in [3.05, 3.63) is 71.0 Å². The maximum Gasteiger partial charge on any atom is 0.268 e. The van der Waals surface area contributed by atoms with Crippen molar-refractivity contribution in [3.63, 3.8) is 0 Å². The van der Waals surface area contributed by atoms with Gasteiger partial charge in [-0.15, -0.1) is 0 Å². The molecule has 190 valence electrons. The average Bonchev–Trinajstić information content (AvgIpc) is 3.42. The number of aldehydes is 1. The number of hydrogen-bond acceptors (Lipinski definition) is 5. The molecule has 0 aliphatic carbocycles. The van der Waals surface area contributed by atoms with E-state index < -0.39 is 18.1 Å². The summed E-state index contributed by atoms with van der Waals surface area (Å²) in [5, 5.41) is 5.03. The molecule has 0 amide bonds. The van der Waals surface area contributed by atoms with Gasteiger partial charge in [-0.25, -0.2) is 17.1 Å². The summed E-state index contributed by atoms with van der Waals surface area (Å²) in [6.07, 6.45) is 4.07. The fourth-order valence-electron chi connectivity index (χ4n) is 4.35. The van der Waals surface area contributed by atoms with Gasteiger partial charge in [0.05, 0.1) is 16.1 Å². The van der Waals surface area contributed by atoms with E-state index in [9.17, 15) is 13.2 Å². The molecule has 0 aliphatic heterocycles. The molecule has 0 atom stereocenters. The second-order valence-electron chi connectivity index (χ2n) is 10.5. The average molecular weight is 524 g/mol. The molecule has 9 heteroatoms. The Labute approximate surface area is 213 Å². The van der Waals surface area contributed by atoms with E-state index in [2.05, 4.69) is 24.7 Å². The molecular weight excluding hydrogens is 490 g/mol. The molecule has 0 aliphatic rings. The molecule has 0 fully saturated rings. The first-order valence-corrected chi connectivity index (χ1v) is 17.1. The summed E-state index contributed by atoms with van der Waals surface area (Å²) < 4.78 is 36.5. The quantitative estimate of drug-likeness (QED) is 0.157. The third-order valence-corrected chi connectivity index (χ3v) is 9.75. The minimum atomic E-state index is -3.92. The van der Waals surface area contributed by atoms with Gasteiger partial charge >= 0.3 is 0 Å². The van der Waals surface area contributed by atoms with Gasteiger partial charge in [-0.1, -0.05) is 43.4 Å². The summed E-state index contributed by atoms with van der Waals surface area (Å²) in [5.74, 6) is 0. The molecule has 0 saturated heterocycles. The zero-order valence-electron chi connectivity index (χ0n) is 21.7. The molecule has 2 aromatic heterocycles. The van der Waals surface area contributed by atoms with Gasteiger partial charge in [-0.05, 0) is 56.1 Å². The molecule has 4 aromatic rings.